The molecule has 1 N–H and O–H groups in total. The maximum Gasteiger partial charge on any atom is 0.407 e. The van der Waals surface area contributed by atoms with Gasteiger partial charge in [-0.2, -0.15) is 0 Å². The molecule has 0 aliphatic carbocycles. The zero-order valence-electron chi connectivity index (χ0n) is 14.1. The molecule has 122 valence electrons. The van der Waals surface area contributed by atoms with Crippen LogP contribution in [-0.2, 0) is 4.74 Å². The molecular formula is C16H26N4O2. The topological polar surface area (TPSA) is 67.4 Å². The molecule has 1 aliphatic rings. The van der Waals surface area contributed by atoms with Crippen LogP contribution in [0.3, 0.4) is 0 Å². The lowest BCUT2D eigenvalue weighted by Gasteiger charge is -2.26. The Morgan fingerprint density at radius 2 is 2.00 bits per heavy atom. The van der Waals surface area contributed by atoms with E-state index in [1.54, 1.807) is 0 Å². The molecule has 1 amide bonds. The second-order valence-corrected chi connectivity index (χ2v) is 6.82. The lowest BCUT2D eigenvalue weighted by molar-refractivity contribution is 0.0525. The highest BCUT2D eigenvalue weighted by Crippen LogP contribution is 2.22. The molecule has 1 fully saturated rings. The van der Waals surface area contributed by atoms with E-state index in [0.29, 0.717) is 6.54 Å². The summed E-state index contributed by atoms with van der Waals surface area (Å²) in [7, 11) is 0. The third kappa shape index (κ3) is 4.58. The van der Waals surface area contributed by atoms with Gasteiger partial charge in [0, 0.05) is 30.5 Å². The van der Waals surface area contributed by atoms with Gasteiger partial charge in [0.25, 0.3) is 0 Å². The van der Waals surface area contributed by atoms with Crippen LogP contribution in [0.2, 0.25) is 0 Å². The van der Waals surface area contributed by atoms with Crippen LogP contribution in [0, 0.1) is 13.8 Å². The van der Waals surface area contributed by atoms with E-state index in [-0.39, 0.29) is 12.1 Å². The van der Waals surface area contributed by atoms with Crippen LogP contribution in [0.15, 0.2) is 6.07 Å². The van der Waals surface area contributed by atoms with Gasteiger partial charge in [-0.1, -0.05) is 0 Å². The average Bonchev–Trinajstić information content (AvgIpc) is 2.81. The van der Waals surface area contributed by atoms with Crippen molar-refractivity contribution in [1.82, 2.24) is 15.3 Å². The first-order valence-electron chi connectivity index (χ1n) is 7.80. The molecule has 6 heteroatoms. The third-order valence-corrected chi connectivity index (χ3v) is 3.49. The Balaban J connectivity index is 1.97. The van der Waals surface area contributed by atoms with E-state index in [2.05, 4.69) is 20.2 Å². The highest BCUT2D eigenvalue weighted by atomic mass is 16.6. The number of nitrogens with zero attached hydrogens (tertiary/aromatic N) is 3. The van der Waals surface area contributed by atoms with E-state index < -0.39 is 5.60 Å². The van der Waals surface area contributed by atoms with Crippen molar-refractivity contribution >= 4 is 12.0 Å². The summed E-state index contributed by atoms with van der Waals surface area (Å²) >= 11 is 0. The highest BCUT2D eigenvalue weighted by molar-refractivity contribution is 5.67. The molecule has 0 spiro atoms. The van der Waals surface area contributed by atoms with Gasteiger partial charge in [-0.25, -0.2) is 14.8 Å². The molecule has 0 aromatic carbocycles. The predicted octanol–water partition coefficient (Wildman–Crippen LogP) is 2.59. The van der Waals surface area contributed by atoms with Gasteiger partial charge in [0.05, 0.1) is 0 Å². The summed E-state index contributed by atoms with van der Waals surface area (Å²) in [5, 5.41) is 2.85. The molecule has 0 saturated carbocycles. The molecule has 1 unspecified atom stereocenters. The Bertz CT molecular complexity index is 519. The number of rotatable bonds is 3. The van der Waals surface area contributed by atoms with Crippen LogP contribution < -0.4 is 10.2 Å². The minimum atomic E-state index is -0.476. The molecule has 1 aliphatic heterocycles. The van der Waals surface area contributed by atoms with Gasteiger partial charge < -0.3 is 15.0 Å². The van der Waals surface area contributed by atoms with E-state index in [4.69, 9.17) is 4.74 Å². The molecule has 1 saturated heterocycles. The van der Waals surface area contributed by atoms with Crippen molar-refractivity contribution < 1.29 is 9.53 Å². The normalized spacial score (nSPS) is 18.4. The molecule has 6 nitrogen and oxygen atoms in total. The second-order valence-electron chi connectivity index (χ2n) is 6.82. The first-order valence-corrected chi connectivity index (χ1v) is 7.80. The number of amides is 1. The molecule has 0 radical (unpaired) electrons. The lowest BCUT2D eigenvalue weighted by Crippen LogP contribution is -2.42. The number of alkyl carbamates (subject to hydrolysis) is 1. The van der Waals surface area contributed by atoms with Crippen molar-refractivity contribution in [3.05, 3.63) is 17.5 Å². The van der Waals surface area contributed by atoms with Crippen molar-refractivity contribution in [2.24, 2.45) is 0 Å². The number of ether oxygens (including phenoxy) is 1. The zero-order valence-corrected chi connectivity index (χ0v) is 14.1. The molecular weight excluding hydrogens is 280 g/mol. The number of carbonyl (C=O) groups excluding carboxylic acids is 1. The third-order valence-electron chi connectivity index (χ3n) is 3.49. The number of aryl methyl sites for hydroxylation is 2. The SMILES string of the molecule is Cc1cc(C)nc(N2CCCC2CNC(=O)OC(C)(C)C)n1. The van der Waals surface area contributed by atoms with Crippen LogP contribution >= 0.6 is 0 Å². The van der Waals surface area contributed by atoms with Crippen molar-refractivity contribution in [2.75, 3.05) is 18.0 Å². The Kier molecular flexibility index (Phi) is 4.88. The van der Waals surface area contributed by atoms with E-state index in [1.807, 2.05) is 40.7 Å². The van der Waals surface area contributed by atoms with E-state index >= 15 is 0 Å². The summed E-state index contributed by atoms with van der Waals surface area (Å²) in [4.78, 5) is 23.0. The largest absolute Gasteiger partial charge is 0.444 e. The van der Waals surface area contributed by atoms with Crippen molar-refractivity contribution in [2.45, 2.75) is 59.1 Å². The molecule has 1 aromatic rings. The number of hydrogen-bond acceptors (Lipinski definition) is 5. The van der Waals surface area contributed by atoms with Crippen molar-refractivity contribution in [3.8, 4) is 0 Å². The van der Waals surface area contributed by atoms with Gasteiger partial charge in [-0.15, -0.1) is 0 Å². The van der Waals surface area contributed by atoms with Gasteiger partial charge >= 0.3 is 6.09 Å². The summed E-state index contributed by atoms with van der Waals surface area (Å²) < 4.78 is 5.28. The summed E-state index contributed by atoms with van der Waals surface area (Å²) in [6, 6.07) is 2.18. The molecule has 22 heavy (non-hydrogen) atoms. The first kappa shape index (κ1) is 16.5. The minimum Gasteiger partial charge on any atom is -0.444 e. The number of anilines is 1. The van der Waals surface area contributed by atoms with Gasteiger partial charge in [0.2, 0.25) is 5.95 Å². The fourth-order valence-electron chi connectivity index (χ4n) is 2.66. The van der Waals surface area contributed by atoms with Crippen LogP contribution in [0.5, 0.6) is 0 Å². The summed E-state index contributed by atoms with van der Waals surface area (Å²) in [6.45, 7) is 11.0. The molecule has 0 bridgehead atoms. The number of carbonyl (C=O) groups is 1. The zero-order chi connectivity index (χ0) is 16.3. The van der Waals surface area contributed by atoms with Crippen LogP contribution in [0.25, 0.3) is 0 Å². The Morgan fingerprint density at radius 3 is 2.59 bits per heavy atom. The van der Waals surface area contributed by atoms with Gasteiger partial charge in [0.1, 0.15) is 5.60 Å². The van der Waals surface area contributed by atoms with Crippen LogP contribution in [-0.4, -0.2) is 40.8 Å². The first-order chi connectivity index (χ1) is 10.2. The van der Waals surface area contributed by atoms with Crippen LogP contribution in [0.4, 0.5) is 10.7 Å². The van der Waals surface area contributed by atoms with E-state index in [9.17, 15) is 4.79 Å². The Hall–Kier alpha value is -1.85. The molecule has 2 rings (SSSR count). The smallest absolute Gasteiger partial charge is 0.407 e. The van der Waals surface area contributed by atoms with Gasteiger partial charge in [-0.3, -0.25) is 0 Å². The second kappa shape index (κ2) is 6.50. The lowest BCUT2D eigenvalue weighted by atomic mass is 10.2. The number of aromatic nitrogens is 2. The average molecular weight is 306 g/mol. The number of nitrogens with one attached hydrogen (secondary N) is 1. The molecule has 2 heterocycles. The van der Waals surface area contributed by atoms with Crippen LogP contribution in [0.1, 0.15) is 45.0 Å². The summed E-state index contributed by atoms with van der Waals surface area (Å²) in [5.41, 5.74) is 1.46. The standard InChI is InChI=1S/C16H26N4O2/c1-11-9-12(2)19-14(18-11)20-8-6-7-13(20)10-17-15(21)22-16(3,4)5/h9,13H,6-8,10H2,1-5H3,(H,17,21). The Morgan fingerprint density at radius 1 is 1.36 bits per heavy atom. The fourth-order valence-corrected chi connectivity index (χ4v) is 2.66. The minimum absolute atomic E-state index is 0.216. The quantitative estimate of drug-likeness (QED) is 0.929. The predicted molar refractivity (Wildman–Crippen MR) is 86.1 cm³/mol. The fraction of sp³-hybridized carbons (Fsp3) is 0.688. The maximum absolute atomic E-state index is 11.8. The molecule has 1 aromatic heterocycles. The highest BCUT2D eigenvalue weighted by Gasteiger charge is 2.28. The summed E-state index contributed by atoms with van der Waals surface area (Å²) in [5.74, 6) is 0.756. The van der Waals surface area contributed by atoms with Gasteiger partial charge in [-0.05, 0) is 53.5 Å². The number of hydrogen-bond donors (Lipinski definition) is 1. The van der Waals surface area contributed by atoms with Gasteiger partial charge in [0.15, 0.2) is 0 Å². The van der Waals surface area contributed by atoms with E-state index in [1.165, 1.54) is 0 Å². The Labute approximate surface area is 132 Å². The van der Waals surface area contributed by atoms with Crippen molar-refractivity contribution in [3.63, 3.8) is 0 Å². The summed E-state index contributed by atoms with van der Waals surface area (Å²) in [6.07, 6.45) is 1.73. The van der Waals surface area contributed by atoms with E-state index in [0.717, 1.165) is 36.7 Å². The monoisotopic (exact) mass is 306 g/mol. The van der Waals surface area contributed by atoms with Crippen molar-refractivity contribution in [1.29, 1.82) is 0 Å². The molecule has 1 atom stereocenters. The maximum atomic E-state index is 11.8.